The van der Waals surface area contributed by atoms with Crippen LogP contribution in [0.3, 0.4) is 0 Å². The third-order valence-corrected chi connectivity index (χ3v) is 5.58. The van der Waals surface area contributed by atoms with Crippen molar-refractivity contribution in [3.05, 3.63) is 28.7 Å². The Morgan fingerprint density at radius 2 is 2.04 bits per heavy atom. The van der Waals surface area contributed by atoms with Gasteiger partial charge in [-0.3, -0.25) is 4.79 Å². The summed E-state index contributed by atoms with van der Waals surface area (Å²) in [5.74, 6) is 1.18. The summed E-state index contributed by atoms with van der Waals surface area (Å²) in [5.41, 5.74) is 0.885. The van der Waals surface area contributed by atoms with Crippen molar-refractivity contribution in [1.29, 1.82) is 0 Å². The van der Waals surface area contributed by atoms with Crippen molar-refractivity contribution in [3.63, 3.8) is 0 Å². The quantitative estimate of drug-likeness (QED) is 0.528. The Morgan fingerprint density at radius 1 is 1.29 bits per heavy atom. The molecule has 0 radical (unpaired) electrons. The van der Waals surface area contributed by atoms with Gasteiger partial charge in [0.1, 0.15) is 0 Å². The monoisotopic (exact) mass is 404 g/mol. The molecular formula is C21H28N2O4S. The average Bonchev–Trinajstić information content (AvgIpc) is 3.02. The van der Waals surface area contributed by atoms with E-state index in [0.29, 0.717) is 17.3 Å². The van der Waals surface area contributed by atoms with Crippen molar-refractivity contribution in [2.45, 2.75) is 45.8 Å². The maximum atomic E-state index is 12.4. The van der Waals surface area contributed by atoms with Crippen LogP contribution in [0, 0.1) is 0 Å². The lowest BCUT2D eigenvalue weighted by Gasteiger charge is -2.35. The lowest BCUT2D eigenvalue weighted by molar-refractivity contribution is -0.113. The molecule has 1 amide bonds. The number of carbonyl (C=O) groups is 1. The Bertz CT molecular complexity index is 768. The number of rotatable bonds is 6. The van der Waals surface area contributed by atoms with Gasteiger partial charge >= 0.3 is 0 Å². The summed E-state index contributed by atoms with van der Waals surface area (Å²) < 4.78 is 17.0. The molecule has 0 aromatic heterocycles. The fourth-order valence-corrected chi connectivity index (χ4v) is 4.17. The molecule has 0 bridgehead atoms. The standard InChI is InChI=1S/C21H28N2O4S/c1-5-6-9-26-17-8-7-16(10-18(17)25-4)11-19-20(24)22-21(28-19)23-12-14(2)27-15(3)13-23/h7-8,10-11,14-15H,5-6,9,12-13H2,1-4H3/b19-11-/t14-,15-/m1/s1. The van der Waals surface area contributed by atoms with E-state index in [1.165, 1.54) is 11.8 Å². The molecule has 0 N–H and O–H groups in total. The number of morpholine rings is 1. The van der Waals surface area contributed by atoms with Crippen LogP contribution in [0.25, 0.3) is 6.08 Å². The summed E-state index contributed by atoms with van der Waals surface area (Å²) in [7, 11) is 1.62. The zero-order valence-electron chi connectivity index (χ0n) is 16.9. The van der Waals surface area contributed by atoms with Crippen molar-refractivity contribution < 1.29 is 19.0 Å². The fraction of sp³-hybridized carbons (Fsp3) is 0.524. The van der Waals surface area contributed by atoms with E-state index in [0.717, 1.165) is 42.4 Å². The molecule has 0 saturated carbocycles. The van der Waals surface area contributed by atoms with Gasteiger partial charge in [-0.1, -0.05) is 19.4 Å². The minimum absolute atomic E-state index is 0.125. The first-order valence-electron chi connectivity index (χ1n) is 9.74. The molecule has 2 heterocycles. The topological polar surface area (TPSA) is 60.4 Å². The normalized spacial score (nSPS) is 23.9. The van der Waals surface area contributed by atoms with E-state index in [1.54, 1.807) is 7.11 Å². The predicted octanol–water partition coefficient (Wildman–Crippen LogP) is 3.95. The maximum absolute atomic E-state index is 12.4. The van der Waals surface area contributed by atoms with E-state index in [9.17, 15) is 4.79 Å². The zero-order valence-corrected chi connectivity index (χ0v) is 17.8. The first-order chi connectivity index (χ1) is 13.5. The van der Waals surface area contributed by atoms with Gasteiger partial charge in [-0.2, -0.15) is 4.99 Å². The molecule has 7 heteroatoms. The van der Waals surface area contributed by atoms with Crippen LogP contribution < -0.4 is 9.47 Å². The second-order valence-corrected chi connectivity index (χ2v) is 8.09. The fourth-order valence-electron chi connectivity index (χ4n) is 3.24. The van der Waals surface area contributed by atoms with E-state index in [1.807, 2.05) is 38.1 Å². The molecule has 2 aliphatic heterocycles. The van der Waals surface area contributed by atoms with Gasteiger partial charge in [0.15, 0.2) is 16.7 Å². The number of benzene rings is 1. The molecule has 152 valence electrons. The van der Waals surface area contributed by atoms with Gasteiger partial charge < -0.3 is 19.1 Å². The van der Waals surface area contributed by atoms with Gasteiger partial charge in [-0.25, -0.2) is 0 Å². The van der Waals surface area contributed by atoms with Gasteiger partial charge in [-0.15, -0.1) is 0 Å². The van der Waals surface area contributed by atoms with Gasteiger partial charge in [0.05, 0.1) is 30.8 Å². The summed E-state index contributed by atoms with van der Waals surface area (Å²) in [4.78, 5) is 19.4. The molecule has 1 aromatic rings. The molecule has 1 saturated heterocycles. The smallest absolute Gasteiger partial charge is 0.286 e. The number of aliphatic imine (C=N–C) groups is 1. The number of carbonyl (C=O) groups excluding carboxylic acids is 1. The van der Waals surface area contributed by atoms with Gasteiger partial charge in [0.25, 0.3) is 5.91 Å². The third-order valence-electron chi connectivity index (χ3n) is 4.54. The highest BCUT2D eigenvalue weighted by Gasteiger charge is 2.31. The number of amidine groups is 1. The van der Waals surface area contributed by atoms with Crippen molar-refractivity contribution in [3.8, 4) is 11.5 Å². The Morgan fingerprint density at radius 3 is 2.71 bits per heavy atom. The predicted molar refractivity (Wildman–Crippen MR) is 113 cm³/mol. The number of ether oxygens (including phenoxy) is 3. The van der Waals surface area contributed by atoms with Crippen LogP contribution in [-0.4, -0.2) is 55.0 Å². The SMILES string of the molecule is CCCCOc1ccc(/C=C2\SC(N3C[C@@H](C)O[C@H](C)C3)=NC2=O)cc1OC. The number of amides is 1. The minimum Gasteiger partial charge on any atom is -0.493 e. The zero-order chi connectivity index (χ0) is 20.1. The minimum atomic E-state index is -0.200. The van der Waals surface area contributed by atoms with E-state index < -0.39 is 0 Å². The van der Waals surface area contributed by atoms with Crippen molar-refractivity contribution >= 4 is 28.9 Å². The average molecular weight is 405 g/mol. The summed E-state index contributed by atoms with van der Waals surface area (Å²) in [6, 6.07) is 5.71. The Kier molecular flexibility index (Phi) is 7.02. The molecule has 0 unspecified atom stereocenters. The molecule has 0 spiro atoms. The lowest BCUT2D eigenvalue weighted by Crippen LogP contribution is -2.47. The van der Waals surface area contributed by atoms with Crippen LogP contribution in [0.5, 0.6) is 11.5 Å². The molecule has 28 heavy (non-hydrogen) atoms. The van der Waals surface area contributed by atoms with E-state index in [-0.39, 0.29) is 18.1 Å². The molecule has 0 aliphatic carbocycles. The second-order valence-electron chi connectivity index (χ2n) is 7.08. The van der Waals surface area contributed by atoms with E-state index in [4.69, 9.17) is 14.2 Å². The molecule has 6 nitrogen and oxygen atoms in total. The van der Waals surface area contributed by atoms with Crippen LogP contribution in [0.4, 0.5) is 0 Å². The summed E-state index contributed by atoms with van der Waals surface area (Å²) in [5, 5.41) is 0.754. The second kappa shape index (κ2) is 9.47. The summed E-state index contributed by atoms with van der Waals surface area (Å²) >= 11 is 1.42. The highest BCUT2D eigenvalue weighted by Crippen LogP contribution is 2.34. The summed E-state index contributed by atoms with van der Waals surface area (Å²) in [6.07, 6.45) is 4.18. The van der Waals surface area contributed by atoms with Crippen molar-refractivity contribution in [2.75, 3.05) is 26.8 Å². The van der Waals surface area contributed by atoms with Crippen LogP contribution in [0.2, 0.25) is 0 Å². The molecule has 1 aromatic carbocycles. The number of nitrogens with zero attached hydrogens (tertiary/aromatic N) is 2. The van der Waals surface area contributed by atoms with Crippen molar-refractivity contribution in [2.24, 2.45) is 4.99 Å². The largest absolute Gasteiger partial charge is 0.493 e. The highest BCUT2D eigenvalue weighted by molar-refractivity contribution is 8.18. The Hall–Kier alpha value is -1.99. The van der Waals surface area contributed by atoms with Gasteiger partial charge in [0.2, 0.25) is 0 Å². The first-order valence-corrected chi connectivity index (χ1v) is 10.6. The van der Waals surface area contributed by atoms with E-state index >= 15 is 0 Å². The molecule has 2 aliphatic rings. The third kappa shape index (κ3) is 5.08. The number of unbranched alkanes of at least 4 members (excludes halogenated alkanes) is 1. The van der Waals surface area contributed by atoms with Crippen LogP contribution in [0.15, 0.2) is 28.1 Å². The van der Waals surface area contributed by atoms with Crippen LogP contribution in [-0.2, 0) is 9.53 Å². The summed E-state index contributed by atoms with van der Waals surface area (Å²) in [6.45, 7) is 8.36. The van der Waals surface area contributed by atoms with E-state index in [2.05, 4.69) is 16.8 Å². The first kappa shape index (κ1) is 20.7. The number of hydrogen-bond donors (Lipinski definition) is 0. The number of methoxy groups -OCH3 is 1. The highest BCUT2D eigenvalue weighted by atomic mass is 32.2. The van der Waals surface area contributed by atoms with Crippen LogP contribution in [0.1, 0.15) is 39.2 Å². The lowest BCUT2D eigenvalue weighted by atomic mass is 10.2. The molecular weight excluding hydrogens is 376 g/mol. The maximum Gasteiger partial charge on any atom is 0.286 e. The number of thioether (sulfide) groups is 1. The van der Waals surface area contributed by atoms with Gasteiger partial charge in [0, 0.05) is 13.1 Å². The molecule has 1 fully saturated rings. The van der Waals surface area contributed by atoms with Crippen molar-refractivity contribution in [1.82, 2.24) is 4.90 Å². The molecule has 2 atom stereocenters. The van der Waals surface area contributed by atoms with Gasteiger partial charge in [-0.05, 0) is 55.8 Å². The number of hydrogen-bond acceptors (Lipinski definition) is 6. The molecule has 3 rings (SSSR count). The Balaban J connectivity index is 1.71. The Labute approximate surface area is 170 Å². The van der Waals surface area contributed by atoms with Crippen LogP contribution >= 0.6 is 11.8 Å².